The van der Waals surface area contributed by atoms with Crippen LogP contribution in [0.5, 0.6) is 0 Å². The Bertz CT molecular complexity index is 865. The number of nitrogens with one attached hydrogen (secondary N) is 3. The molecule has 0 radical (unpaired) electrons. The van der Waals surface area contributed by atoms with Crippen LogP contribution in [-0.2, 0) is 11.8 Å². The zero-order chi connectivity index (χ0) is 18.7. The Hall–Kier alpha value is -1.28. The van der Waals surface area contributed by atoms with Crippen molar-refractivity contribution in [3.63, 3.8) is 0 Å². The first-order valence-corrected chi connectivity index (χ1v) is 7.51. The Balaban J connectivity index is 0.00000338. The van der Waals surface area contributed by atoms with Gasteiger partial charge in [-0.3, -0.25) is 9.88 Å². The molecule has 134 valence electrons. The zero-order valence-corrected chi connectivity index (χ0v) is 18.7. The molecule has 4 N–H and O–H groups in total. The minimum atomic E-state index is -1.80. The third-order valence-corrected chi connectivity index (χ3v) is 3.76. The molecule has 0 spiro atoms. The van der Waals surface area contributed by atoms with E-state index in [1.165, 1.54) is 16.7 Å². The smallest absolute Gasteiger partial charge is 0.547 e. The van der Waals surface area contributed by atoms with Crippen molar-refractivity contribution >= 4 is 41.5 Å². The number of aliphatic hydroxyl groups excluding tert-OH is 1. The van der Waals surface area contributed by atoms with E-state index in [9.17, 15) is 19.8 Å². The number of aromatic amines is 1. The van der Waals surface area contributed by atoms with Gasteiger partial charge in [0.15, 0.2) is 4.77 Å². The summed E-state index contributed by atoms with van der Waals surface area (Å²) in [5.41, 5.74) is 0.996. The molecular weight excluding hydrogens is 387 g/mol. The summed E-state index contributed by atoms with van der Waals surface area (Å²) in [6, 6.07) is 3.77. The largest absolute Gasteiger partial charge is 1.00 e. The van der Waals surface area contributed by atoms with Gasteiger partial charge in [0.2, 0.25) is 5.95 Å². The van der Waals surface area contributed by atoms with E-state index in [0.717, 1.165) is 0 Å². The molecule has 1 aromatic heterocycles. The van der Waals surface area contributed by atoms with Gasteiger partial charge in [0.25, 0.3) is 0 Å². The van der Waals surface area contributed by atoms with Crippen LogP contribution < -0.4 is 72.0 Å². The number of rotatable bonds is 5. The Kier molecular flexibility index (Phi) is 8.40. The number of aromatic nitrogens is 3. The van der Waals surface area contributed by atoms with Crippen molar-refractivity contribution in [3.05, 3.63) is 28.5 Å². The summed E-state index contributed by atoms with van der Waals surface area (Å²) in [7, 11) is 5.14. The molecule has 1 aromatic carbocycles. The van der Waals surface area contributed by atoms with Crippen molar-refractivity contribution in [1.29, 1.82) is 0 Å². The molecule has 10 nitrogen and oxygen atoms in total. The predicted molar refractivity (Wildman–Crippen MR) is 91.8 cm³/mol. The molecule has 1 atom stereocenters. The second-order valence-electron chi connectivity index (χ2n) is 5.38. The molecule has 2 amide bonds. The first-order chi connectivity index (χ1) is 11.7. The molecule has 0 aliphatic heterocycles. The number of aliphatic hydroxyl groups is 1. The van der Waals surface area contributed by atoms with E-state index in [1.54, 1.807) is 32.1 Å². The van der Waals surface area contributed by atoms with E-state index in [-0.39, 0.29) is 62.9 Å². The number of benzene rings is 1. The summed E-state index contributed by atoms with van der Waals surface area (Å²) in [4.78, 5) is 24.8. The van der Waals surface area contributed by atoms with Gasteiger partial charge in [-0.2, -0.15) is 0 Å². The molecule has 1 unspecified atom stereocenters. The van der Waals surface area contributed by atoms with E-state index in [2.05, 4.69) is 20.8 Å². The Morgan fingerprint density at radius 2 is 2.04 bits per heavy atom. The van der Waals surface area contributed by atoms with Gasteiger partial charge < -0.3 is 25.2 Å². The molecule has 2 rings (SSSR count). The van der Waals surface area contributed by atoms with Crippen LogP contribution in [0.15, 0.2) is 18.2 Å². The number of carbonyl (C=O) groups excluding carboxylic acids is 2. The molecule has 0 saturated heterocycles. The monoisotopic (exact) mass is 404 g/mol. The first-order valence-electron chi connectivity index (χ1n) is 7.10. The number of urea groups is 1. The average Bonchev–Trinajstić information content (AvgIpc) is 2.85. The quantitative estimate of drug-likeness (QED) is 0.307. The molecule has 0 bridgehead atoms. The summed E-state index contributed by atoms with van der Waals surface area (Å²) in [5.74, 6) is -1.42. The number of carboxylic acids is 1. The van der Waals surface area contributed by atoms with Crippen molar-refractivity contribution in [3.8, 4) is 0 Å². The van der Waals surface area contributed by atoms with Gasteiger partial charge >= 0.3 is 57.4 Å². The second kappa shape index (κ2) is 9.59. The molecule has 1 heterocycles. The van der Waals surface area contributed by atoms with Crippen molar-refractivity contribution in [2.75, 3.05) is 29.6 Å². The van der Waals surface area contributed by atoms with E-state index in [0.29, 0.717) is 16.1 Å². The van der Waals surface area contributed by atoms with Gasteiger partial charge in [-0.1, -0.05) is 6.07 Å². The number of hydrogen-bond acceptors (Lipinski definition) is 7. The van der Waals surface area contributed by atoms with Gasteiger partial charge in [0.05, 0.1) is 17.3 Å². The number of anilines is 3. The standard InChI is InChI=1S/C14H18N6O4S.K/c1-19(2)9-5-4-7(10(21)11(22)23)6-8(9)15-13(24)16-12-17-18-14(25)20(12)3;/h4-6,10,21H,1-3H3,(H,18,25)(H,22,23)(H2,15,16,17,24);/q;+1/p-1. The molecular formula is C14H17KN6O4S. The van der Waals surface area contributed by atoms with Crippen LogP contribution >= 0.6 is 12.2 Å². The number of H-pyrrole nitrogens is 1. The summed E-state index contributed by atoms with van der Waals surface area (Å²) in [5, 5.41) is 32.0. The van der Waals surface area contributed by atoms with Gasteiger partial charge in [-0.05, 0) is 29.9 Å². The van der Waals surface area contributed by atoms with Crippen molar-refractivity contribution in [2.45, 2.75) is 6.10 Å². The van der Waals surface area contributed by atoms with E-state index < -0.39 is 18.1 Å². The van der Waals surface area contributed by atoms with Gasteiger partial charge in [0, 0.05) is 21.1 Å². The van der Waals surface area contributed by atoms with Crippen LogP contribution in [0, 0.1) is 4.77 Å². The molecule has 0 aliphatic rings. The maximum atomic E-state index is 12.2. The van der Waals surface area contributed by atoms with Gasteiger partial charge in [-0.25, -0.2) is 9.89 Å². The summed E-state index contributed by atoms with van der Waals surface area (Å²) < 4.78 is 1.81. The van der Waals surface area contributed by atoms with Gasteiger partial charge in [-0.15, -0.1) is 5.10 Å². The van der Waals surface area contributed by atoms with Crippen molar-refractivity contribution in [1.82, 2.24) is 14.8 Å². The number of aliphatic carboxylic acids is 1. The van der Waals surface area contributed by atoms with Crippen molar-refractivity contribution < 1.29 is 71.2 Å². The minimum Gasteiger partial charge on any atom is -0.547 e. The molecule has 0 saturated carbocycles. The second-order valence-corrected chi connectivity index (χ2v) is 5.77. The van der Waals surface area contributed by atoms with E-state index in [4.69, 9.17) is 12.2 Å². The number of amides is 2. The third kappa shape index (κ3) is 5.36. The predicted octanol–water partition coefficient (Wildman–Crippen LogP) is -3.03. The van der Waals surface area contributed by atoms with Crippen LogP contribution in [0.4, 0.5) is 22.1 Å². The number of hydrogen-bond donors (Lipinski definition) is 4. The summed E-state index contributed by atoms with van der Waals surface area (Å²) in [6.45, 7) is 0. The fraction of sp³-hybridized carbons (Fsp3) is 0.286. The molecule has 26 heavy (non-hydrogen) atoms. The fourth-order valence-corrected chi connectivity index (χ4v) is 2.20. The zero-order valence-electron chi connectivity index (χ0n) is 14.7. The van der Waals surface area contributed by atoms with Crippen LogP contribution in [0.25, 0.3) is 0 Å². The molecule has 0 fully saturated rings. The molecule has 12 heteroatoms. The third-order valence-electron chi connectivity index (χ3n) is 3.39. The maximum absolute atomic E-state index is 12.2. The number of carboxylic acid groups (broad SMARTS) is 1. The van der Waals surface area contributed by atoms with Crippen LogP contribution in [0.2, 0.25) is 0 Å². The SMILES string of the molecule is CN(C)c1ccc(C(O)C(=O)[O-])cc1NC(=O)Nc1n[nH]c(=S)n1C.[K+]. The van der Waals surface area contributed by atoms with Crippen LogP contribution in [0.3, 0.4) is 0 Å². The Morgan fingerprint density at radius 1 is 1.38 bits per heavy atom. The molecule has 2 aromatic rings. The van der Waals surface area contributed by atoms with Gasteiger partial charge in [0.1, 0.15) is 6.10 Å². The van der Waals surface area contributed by atoms with E-state index >= 15 is 0 Å². The normalized spacial score (nSPS) is 11.2. The van der Waals surface area contributed by atoms with Crippen LogP contribution in [0.1, 0.15) is 11.7 Å². The maximum Gasteiger partial charge on any atom is 1.00 e. The first kappa shape index (κ1) is 22.8. The average molecular weight is 404 g/mol. The minimum absolute atomic E-state index is 0. The van der Waals surface area contributed by atoms with Crippen molar-refractivity contribution in [2.24, 2.45) is 7.05 Å². The summed E-state index contributed by atoms with van der Waals surface area (Å²) >= 11 is 4.96. The Labute approximate surface area is 197 Å². The van der Waals surface area contributed by atoms with E-state index in [1.807, 2.05) is 0 Å². The number of carbonyl (C=O) groups is 2. The topological polar surface area (TPSA) is 138 Å². The van der Waals surface area contributed by atoms with Crippen LogP contribution in [-0.4, -0.2) is 46.0 Å². The fourth-order valence-electron chi connectivity index (χ4n) is 2.06. The molecule has 0 aliphatic carbocycles. The number of nitrogens with zero attached hydrogens (tertiary/aromatic N) is 3. The Morgan fingerprint density at radius 3 is 2.54 bits per heavy atom. The summed E-state index contributed by atoms with van der Waals surface area (Å²) in [6.07, 6.45) is -1.80.